The Bertz CT molecular complexity index is 918. The van der Waals surface area contributed by atoms with Crippen LogP contribution in [-0.2, 0) is 10.0 Å². The van der Waals surface area contributed by atoms with E-state index in [0.29, 0.717) is 37.4 Å². The van der Waals surface area contributed by atoms with Crippen molar-refractivity contribution in [3.05, 3.63) is 53.6 Å². The fourth-order valence-corrected chi connectivity index (χ4v) is 3.57. The predicted octanol–water partition coefficient (Wildman–Crippen LogP) is 1.19. The fourth-order valence-electron chi connectivity index (χ4n) is 3.05. The Hall–Kier alpha value is -2.58. The summed E-state index contributed by atoms with van der Waals surface area (Å²) in [6.07, 6.45) is 0. The molecule has 2 aromatic rings. The zero-order valence-corrected chi connectivity index (χ0v) is 15.4. The van der Waals surface area contributed by atoms with Gasteiger partial charge in [0, 0.05) is 43.1 Å². The van der Waals surface area contributed by atoms with Crippen LogP contribution in [0.2, 0.25) is 0 Å². The molecule has 0 radical (unpaired) electrons. The molecular formula is C18H22N4O3S. The number of hydrogen-bond donors (Lipinski definition) is 2. The van der Waals surface area contributed by atoms with Crippen LogP contribution in [0, 0.1) is 6.92 Å². The second-order valence-corrected chi connectivity index (χ2v) is 7.95. The van der Waals surface area contributed by atoms with Crippen molar-refractivity contribution in [2.75, 3.05) is 36.8 Å². The lowest BCUT2D eigenvalue weighted by molar-refractivity contribution is 0.0746. The number of carbonyl (C=O) groups is 1. The first-order valence-corrected chi connectivity index (χ1v) is 9.83. The van der Waals surface area contributed by atoms with Gasteiger partial charge in [-0.15, -0.1) is 0 Å². The monoisotopic (exact) mass is 374 g/mol. The van der Waals surface area contributed by atoms with Gasteiger partial charge in [0.15, 0.2) is 0 Å². The summed E-state index contributed by atoms with van der Waals surface area (Å²) in [5, 5.41) is 5.12. The molecule has 0 unspecified atom stereocenters. The normalized spacial score (nSPS) is 15.2. The molecule has 1 amide bonds. The number of nitrogens with two attached hydrogens (primary N) is 2. The molecule has 0 atom stereocenters. The van der Waals surface area contributed by atoms with Crippen LogP contribution in [-0.4, -0.2) is 45.4 Å². The number of sulfonamides is 1. The number of benzene rings is 2. The molecule has 2 aromatic carbocycles. The summed E-state index contributed by atoms with van der Waals surface area (Å²) >= 11 is 0. The third kappa shape index (κ3) is 3.81. The molecule has 4 N–H and O–H groups in total. The molecule has 0 aliphatic carbocycles. The van der Waals surface area contributed by atoms with Crippen LogP contribution >= 0.6 is 0 Å². The molecule has 1 saturated heterocycles. The first-order chi connectivity index (χ1) is 12.3. The van der Waals surface area contributed by atoms with Gasteiger partial charge in [0.05, 0.1) is 4.90 Å². The number of piperazine rings is 1. The van der Waals surface area contributed by atoms with Crippen molar-refractivity contribution < 1.29 is 13.2 Å². The van der Waals surface area contributed by atoms with Gasteiger partial charge >= 0.3 is 0 Å². The lowest BCUT2D eigenvalue weighted by Gasteiger charge is -2.36. The van der Waals surface area contributed by atoms with Gasteiger partial charge in [-0.3, -0.25) is 4.79 Å². The standard InChI is InChI=1S/C18H22N4O3S/c1-13-2-3-14(19)12-17(13)18(23)22-10-8-21(9-11-22)15-4-6-16(7-5-15)26(20,24)25/h2-7,12H,8-11,19H2,1H3,(H2,20,24,25). The molecule has 1 heterocycles. The minimum atomic E-state index is -3.69. The number of anilines is 2. The molecule has 7 nitrogen and oxygen atoms in total. The number of amides is 1. The minimum absolute atomic E-state index is 0.0148. The SMILES string of the molecule is Cc1ccc(N)cc1C(=O)N1CCN(c2ccc(S(N)(=O)=O)cc2)CC1. The summed E-state index contributed by atoms with van der Waals surface area (Å²) in [7, 11) is -3.69. The Labute approximate surface area is 153 Å². The highest BCUT2D eigenvalue weighted by molar-refractivity contribution is 7.89. The zero-order chi connectivity index (χ0) is 18.9. The first kappa shape index (κ1) is 18.2. The number of hydrogen-bond acceptors (Lipinski definition) is 5. The Balaban J connectivity index is 1.67. The van der Waals surface area contributed by atoms with Crippen LogP contribution in [0.4, 0.5) is 11.4 Å². The largest absolute Gasteiger partial charge is 0.399 e. The number of aryl methyl sites for hydroxylation is 1. The highest BCUT2D eigenvalue weighted by atomic mass is 32.2. The van der Waals surface area contributed by atoms with Gasteiger partial charge in [0.25, 0.3) is 5.91 Å². The van der Waals surface area contributed by atoms with Crippen molar-refractivity contribution in [1.82, 2.24) is 4.90 Å². The van der Waals surface area contributed by atoms with E-state index >= 15 is 0 Å². The second-order valence-electron chi connectivity index (χ2n) is 6.39. The van der Waals surface area contributed by atoms with Crippen molar-refractivity contribution >= 4 is 27.3 Å². The fraction of sp³-hybridized carbons (Fsp3) is 0.278. The van der Waals surface area contributed by atoms with Crippen molar-refractivity contribution in [3.63, 3.8) is 0 Å². The topological polar surface area (TPSA) is 110 Å². The quantitative estimate of drug-likeness (QED) is 0.784. The van der Waals surface area contributed by atoms with Crippen molar-refractivity contribution in [1.29, 1.82) is 0 Å². The molecule has 138 valence electrons. The van der Waals surface area contributed by atoms with Crippen molar-refractivity contribution in [3.8, 4) is 0 Å². The first-order valence-electron chi connectivity index (χ1n) is 8.29. The van der Waals surface area contributed by atoms with Gasteiger partial charge in [0.2, 0.25) is 10.0 Å². The van der Waals surface area contributed by atoms with Gasteiger partial charge in [-0.25, -0.2) is 13.6 Å². The highest BCUT2D eigenvalue weighted by Crippen LogP contribution is 2.21. The number of carbonyl (C=O) groups excluding carboxylic acids is 1. The van der Waals surface area contributed by atoms with Crippen LogP contribution in [0.3, 0.4) is 0 Å². The van der Waals surface area contributed by atoms with E-state index in [0.717, 1.165) is 11.3 Å². The number of nitrogen functional groups attached to an aromatic ring is 1. The van der Waals surface area contributed by atoms with E-state index in [4.69, 9.17) is 10.9 Å². The average Bonchev–Trinajstić information content (AvgIpc) is 2.63. The van der Waals surface area contributed by atoms with Gasteiger partial charge < -0.3 is 15.5 Å². The Morgan fingerprint density at radius 1 is 1.00 bits per heavy atom. The highest BCUT2D eigenvalue weighted by Gasteiger charge is 2.23. The summed E-state index contributed by atoms with van der Waals surface area (Å²) in [5.41, 5.74) is 8.83. The summed E-state index contributed by atoms with van der Waals surface area (Å²) in [5.74, 6) is -0.0148. The van der Waals surface area contributed by atoms with Gasteiger partial charge in [-0.2, -0.15) is 0 Å². The molecule has 1 aliphatic rings. The average molecular weight is 374 g/mol. The van der Waals surface area contributed by atoms with Crippen LogP contribution in [0.15, 0.2) is 47.4 Å². The van der Waals surface area contributed by atoms with E-state index in [1.165, 1.54) is 12.1 Å². The summed E-state index contributed by atoms with van der Waals surface area (Å²) < 4.78 is 22.7. The van der Waals surface area contributed by atoms with Crippen LogP contribution in [0.25, 0.3) is 0 Å². The lowest BCUT2D eigenvalue weighted by Crippen LogP contribution is -2.49. The van der Waals surface area contributed by atoms with E-state index < -0.39 is 10.0 Å². The van der Waals surface area contributed by atoms with Crippen LogP contribution in [0.5, 0.6) is 0 Å². The number of primary sulfonamides is 1. The minimum Gasteiger partial charge on any atom is -0.399 e. The molecule has 0 aromatic heterocycles. The zero-order valence-electron chi connectivity index (χ0n) is 14.6. The van der Waals surface area contributed by atoms with E-state index in [-0.39, 0.29) is 10.8 Å². The third-order valence-electron chi connectivity index (χ3n) is 4.59. The molecule has 1 fully saturated rings. The summed E-state index contributed by atoms with van der Waals surface area (Å²) in [4.78, 5) is 16.8. The molecule has 1 aliphatic heterocycles. The maximum atomic E-state index is 12.7. The van der Waals surface area contributed by atoms with E-state index in [1.807, 2.05) is 17.9 Å². The molecule has 26 heavy (non-hydrogen) atoms. The molecule has 0 saturated carbocycles. The summed E-state index contributed by atoms with van der Waals surface area (Å²) in [6.45, 7) is 4.41. The molecule has 3 rings (SSSR count). The maximum Gasteiger partial charge on any atom is 0.254 e. The smallest absolute Gasteiger partial charge is 0.254 e. The van der Waals surface area contributed by atoms with E-state index in [1.54, 1.807) is 24.3 Å². The third-order valence-corrected chi connectivity index (χ3v) is 5.52. The van der Waals surface area contributed by atoms with Gasteiger partial charge in [-0.1, -0.05) is 6.07 Å². The predicted molar refractivity (Wildman–Crippen MR) is 102 cm³/mol. The second kappa shape index (κ2) is 6.97. The Kier molecular flexibility index (Phi) is 4.88. The molecule has 8 heteroatoms. The van der Waals surface area contributed by atoms with Crippen LogP contribution in [0.1, 0.15) is 15.9 Å². The van der Waals surface area contributed by atoms with E-state index in [2.05, 4.69) is 4.90 Å². The van der Waals surface area contributed by atoms with Crippen molar-refractivity contribution in [2.45, 2.75) is 11.8 Å². The van der Waals surface area contributed by atoms with Crippen molar-refractivity contribution in [2.24, 2.45) is 5.14 Å². The molecule has 0 spiro atoms. The Morgan fingerprint density at radius 3 is 2.19 bits per heavy atom. The summed E-state index contributed by atoms with van der Waals surface area (Å²) in [6, 6.07) is 11.8. The van der Waals surface area contributed by atoms with Gasteiger partial charge in [0.1, 0.15) is 0 Å². The van der Waals surface area contributed by atoms with E-state index in [9.17, 15) is 13.2 Å². The van der Waals surface area contributed by atoms with Gasteiger partial charge in [-0.05, 0) is 48.9 Å². The molecule has 0 bridgehead atoms. The maximum absolute atomic E-state index is 12.7. The number of rotatable bonds is 3. The lowest BCUT2D eigenvalue weighted by atomic mass is 10.1. The molecular weight excluding hydrogens is 352 g/mol. The number of nitrogens with zero attached hydrogens (tertiary/aromatic N) is 2. The Morgan fingerprint density at radius 2 is 1.62 bits per heavy atom. The van der Waals surface area contributed by atoms with Crippen LogP contribution < -0.4 is 15.8 Å².